The van der Waals surface area contributed by atoms with E-state index in [1.807, 2.05) is 12.1 Å². The van der Waals surface area contributed by atoms with Crippen molar-refractivity contribution in [3.63, 3.8) is 0 Å². The number of fused-ring (bicyclic) bond motifs is 1. The molecular weight excluding hydrogens is 552 g/mol. The molecule has 40 heavy (non-hydrogen) atoms. The molecule has 0 bridgehead atoms. The number of rotatable bonds is 9. The molecule has 5 rings (SSSR count). The average molecular weight is 588 g/mol. The van der Waals surface area contributed by atoms with Crippen molar-refractivity contribution < 1.29 is 18.3 Å². The number of hydrogen-bond donors (Lipinski definition) is 0. The third-order valence-electron chi connectivity index (χ3n) is 7.43. The van der Waals surface area contributed by atoms with Crippen molar-refractivity contribution in [2.75, 3.05) is 64.4 Å². The van der Waals surface area contributed by atoms with Crippen molar-refractivity contribution in [1.82, 2.24) is 19.8 Å². The number of halogens is 2. The SMILES string of the molecule is COc1cc2c(N3CCN(C(=S)SCc4ccc(F)cc4F)CC3)ncnc2cc1OCCCN1CCCCC1. The maximum absolute atomic E-state index is 14.0. The van der Waals surface area contributed by atoms with Crippen LogP contribution in [0, 0.1) is 11.6 Å². The summed E-state index contributed by atoms with van der Waals surface area (Å²) in [4.78, 5) is 16.0. The highest BCUT2D eigenvalue weighted by Crippen LogP contribution is 2.35. The van der Waals surface area contributed by atoms with E-state index in [1.54, 1.807) is 13.4 Å². The van der Waals surface area contributed by atoms with E-state index < -0.39 is 11.6 Å². The Balaban J connectivity index is 1.18. The third-order valence-corrected chi connectivity index (χ3v) is 9.00. The van der Waals surface area contributed by atoms with Crippen LogP contribution in [0.1, 0.15) is 31.2 Å². The first kappa shape index (κ1) is 28.8. The first-order valence-corrected chi connectivity index (χ1v) is 15.2. The van der Waals surface area contributed by atoms with Crippen LogP contribution < -0.4 is 14.4 Å². The van der Waals surface area contributed by atoms with Crippen LogP contribution in [0.5, 0.6) is 11.5 Å². The maximum atomic E-state index is 14.0. The van der Waals surface area contributed by atoms with E-state index in [0.717, 1.165) is 61.9 Å². The van der Waals surface area contributed by atoms with Gasteiger partial charge in [-0.3, -0.25) is 0 Å². The van der Waals surface area contributed by atoms with Gasteiger partial charge >= 0.3 is 0 Å². The lowest BCUT2D eigenvalue weighted by Gasteiger charge is -2.36. The molecule has 0 aliphatic carbocycles. The van der Waals surface area contributed by atoms with Gasteiger partial charge in [0.2, 0.25) is 0 Å². The lowest BCUT2D eigenvalue weighted by atomic mass is 10.1. The zero-order valence-electron chi connectivity index (χ0n) is 22.8. The fourth-order valence-corrected chi connectivity index (χ4v) is 6.44. The molecular formula is C29H35F2N5O2S2. The summed E-state index contributed by atoms with van der Waals surface area (Å²) in [7, 11) is 1.65. The number of nitrogens with zero attached hydrogens (tertiary/aromatic N) is 5. The number of methoxy groups -OCH3 is 1. The van der Waals surface area contributed by atoms with Crippen molar-refractivity contribution in [2.24, 2.45) is 0 Å². The number of piperidine rings is 1. The van der Waals surface area contributed by atoms with Crippen LogP contribution in [-0.4, -0.2) is 83.6 Å². The Labute approximate surface area is 243 Å². The molecule has 214 valence electrons. The van der Waals surface area contributed by atoms with E-state index in [2.05, 4.69) is 24.7 Å². The van der Waals surface area contributed by atoms with Crippen LogP contribution in [0.2, 0.25) is 0 Å². The molecule has 2 fully saturated rings. The van der Waals surface area contributed by atoms with Crippen LogP contribution >= 0.6 is 24.0 Å². The minimum absolute atomic E-state index is 0.365. The second kappa shape index (κ2) is 13.7. The van der Waals surface area contributed by atoms with E-state index in [9.17, 15) is 8.78 Å². The Hall–Kier alpha value is -2.76. The minimum Gasteiger partial charge on any atom is -0.493 e. The van der Waals surface area contributed by atoms with Gasteiger partial charge in [-0.1, -0.05) is 36.5 Å². The molecule has 2 aliphatic rings. The maximum Gasteiger partial charge on any atom is 0.163 e. The number of thiocarbonyl (C=S) groups is 1. The standard InChI is InChI=1S/C29H35F2N5O2S2/c1-37-26-17-23-25(18-27(26)38-15-5-10-34-8-3-2-4-9-34)32-20-33-28(23)35-11-13-36(14-12-35)29(39)40-19-21-6-7-22(30)16-24(21)31/h6-7,16-18,20H,2-5,8-15,19H2,1H3. The first-order valence-electron chi connectivity index (χ1n) is 13.8. The summed E-state index contributed by atoms with van der Waals surface area (Å²) in [5.41, 5.74) is 1.26. The second-order valence-electron chi connectivity index (χ2n) is 10.1. The molecule has 0 spiro atoms. The molecule has 3 heterocycles. The molecule has 2 aliphatic heterocycles. The zero-order valence-corrected chi connectivity index (χ0v) is 24.4. The highest BCUT2D eigenvalue weighted by molar-refractivity contribution is 8.22. The summed E-state index contributed by atoms with van der Waals surface area (Å²) in [5.74, 6) is 1.47. The summed E-state index contributed by atoms with van der Waals surface area (Å²) < 4.78 is 39.7. The molecule has 3 aromatic rings. The molecule has 0 N–H and O–H groups in total. The highest BCUT2D eigenvalue weighted by Gasteiger charge is 2.23. The van der Waals surface area contributed by atoms with Gasteiger partial charge in [0, 0.05) is 56.0 Å². The van der Waals surface area contributed by atoms with Crippen LogP contribution in [-0.2, 0) is 5.75 Å². The summed E-state index contributed by atoms with van der Waals surface area (Å²) in [6.07, 6.45) is 6.49. The lowest BCUT2D eigenvalue weighted by Crippen LogP contribution is -2.48. The van der Waals surface area contributed by atoms with Crippen molar-refractivity contribution in [1.29, 1.82) is 0 Å². The molecule has 0 radical (unpaired) electrons. The van der Waals surface area contributed by atoms with Crippen molar-refractivity contribution >= 4 is 45.0 Å². The van der Waals surface area contributed by atoms with Gasteiger partial charge in [-0.15, -0.1) is 0 Å². The van der Waals surface area contributed by atoms with Gasteiger partial charge in [-0.25, -0.2) is 18.7 Å². The third kappa shape index (κ3) is 7.11. The van der Waals surface area contributed by atoms with Gasteiger partial charge in [0.15, 0.2) is 11.5 Å². The number of ether oxygens (including phenoxy) is 2. The predicted molar refractivity (Wildman–Crippen MR) is 161 cm³/mol. The number of hydrogen-bond acceptors (Lipinski definition) is 8. The number of piperazine rings is 1. The first-order chi connectivity index (χ1) is 19.5. The van der Waals surface area contributed by atoms with Gasteiger partial charge < -0.3 is 24.2 Å². The fourth-order valence-electron chi connectivity index (χ4n) is 5.20. The number of benzene rings is 2. The molecule has 2 saturated heterocycles. The second-order valence-corrected chi connectivity index (χ2v) is 11.7. The number of anilines is 1. The van der Waals surface area contributed by atoms with E-state index in [1.165, 1.54) is 56.2 Å². The van der Waals surface area contributed by atoms with Crippen LogP contribution in [0.25, 0.3) is 10.9 Å². The van der Waals surface area contributed by atoms with Gasteiger partial charge in [0.25, 0.3) is 0 Å². The fraction of sp³-hybridized carbons (Fsp3) is 0.483. The van der Waals surface area contributed by atoms with E-state index in [4.69, 9.17) is 21.7 Å². The minimum atomic E-state index is -0.577. The predicted octanol–water partition coefficient (Wildman–Crippen LogP) is 5.51. The van der Waals surface area contributed by atoms with Crippen molar-refractivity contribution in [3.8, 4) is 11.5 Å². The average Bonchev–Trinajstić information content (AvgIpc) is 2.98. The molecule has 1 aromatic heterocycles. The van der Waals surface area contributed by atoms with Crippen LogP contribution in [0.3, 0.4) is 0 Å². The van der Waals surface area contributed by atoms with Gasteiger partial charge in [0.05, 0.1) is 19.2 Å². The molecule has 0 unspecified atom stereocenters. The Bertz CT molecular complexity index is 1320. The molecule has 7 nitrogen and oxygen atoms in total. The molecule has 2 aromatic carbocycles. The number of aromatic nitrogens is 2. The van der Waals surface area contributed by atoms with E-state index >= 15 is 0 Å². The van der Waals surface area contributed by atoms with Gasteiger partial charge in [-0.05, 0) is 50.0 Å². The largest absolute Gasteiger partial charge is 0.493 e. The molecule has 0 amide bonds. The normalized spacial score (nSPS) is 16.4. The summed E-state index contributed by atoms with van der Waals surface area (Å²) in [6, 6.07) is 7.56. The number of thioether (sulfide) groups is 1. The Kier molecular flexibility index (Phi) is 9.88. The van der Waals surface area contributed by atoms with Gasteiger partial charge in [0.1, 0.15) is 28.1 Å². The van der Waals surface area contributed by atoms with Gasteiger partial charge in [-0.2, -0.15) is 0 Å². The smallest absolute Gasteiger partial charge is 0.163 e. The Morgan fingerprint density at radius 2 is 1.77 bits per heavy atom. The monoisotopic (exact) mass is 587 g/mol. The van der Waals surface area contributed by atoms with Crippen LogP contribution in [0.15, 0.2) is 36.7 Å². The topological polar surface area (TPSA) is 54.0 Å². The molecule has 0 atom stereocenters. The van der Waals surface area contributed by atoms with E-state index in [0.29, 0.717) is 33.7 Å². The lowest BCUT2D eigenvalue weighted by molar-refractivity contribution is 0.203. The van der Waals surface area contributed by atoms with Crippen LogP contribution in [0.4, 0.5) is 14.6 Å². The summed E-state index contributed by atoms with van der Waals surface area (Å²) >= 11 is 7.01. The summed E-state index contributed by atoms with van der Waals surface area (Å²) in [5, 5.41) is 0.914. The van der Waals surface area contributed by atoms with E-state index in [-0.39, 0.29) is 0 Å². The Morgan fingerprint density at radius 1 is 0.975 bits per heavy atom. The molecule has 11 heteroatoms. The quantitative estimate of drug-likeness (QED) is 0.238. The highest BCUT2D eigenvalue weighted by atomic mass is 32.2. The Morgan fingerprint density at radius 3 is 2.52 bits per heavy atom. The zero-order chi connectivity index (χ0) is 27.9. The summed E-state index contributed by atoms with van der Waals surface area (Å²) in [6.45, 7) is 6.96. The van der Waals surface area contributed by atoms with Crippen molar-refractivity contribution in [3.05, 3.63) is 53.9 Å². The number of likely N-dealkylation sites (tertiary alicyclic amines) is 1. The van der Waals surface area contributed by atoms with Crippen molar-refractivity contribution in [2.45, 2.75) is 31.4 Å². The molecule has 0 saturated carbocycles.